The Kier molecular flexibility index (Phi) is 1.24. The zero-order chi connectivity index (χ0) is 10.6. The molecule has 1 spiro atoms. The molecule has 0 aliphatic heterocycles. The Labute approximate surface area is 93.8 Å². The Hall–Kier alpha value is 0. The highest BCUT2D eigenvalue weighted by Gasteiger charge is 2.81. The Morgan fingerprint density at radius 3 is 2.40 bits per heavy atom. The smallest absolute Gasteiger partial charge is 0.0184 e. The van der Waals surface area contributed by atoms with Crippen LogP contribution >= 0.6 is 0 Å². The molecular weight excluding hydrogens is 180 g/mol. The van der Waals surface area contributed by atoms with Gasteiger partial charge in [-0.05, 0) is 65.6 Å². The molecule has 7 atom stereocenters. The molecule has 0 aromatic heterocycles. The Balaban J connectivity index is 1.96. The van der Waals surface area contributed by atoms with Crippen LogP contribution in [0.3, 0.4) is 0 Å². The molecule has 7 unspecified atom stereocenters. The Morgan fingerprint density at radius 1 is 1.00 bits per heavy atom. The monoisotopic (exact) mass is 204 g/mol. The first kappa shape index (κ1) is 9.07. The number of hydrogen-bond donors (Lipinski definition) is 0. The molecule has 7 rings (SSSR count). The van der Waals surface area contributed by atoms with Crippen molar-refractivity contribution in [1.82, 2.24) is 0 Å². The lowest BCUT2D eigenvalue weighted by molar-refractivity contribution is -0.382. The molecular formula is C15H24. The van der Waals surface area contributed by atoms with Crippen molar-refractivity contribution >= 4 is 0 Å². The van der Waals surface area contributed by atoms with Crippen molar-refractivity contribution in [2.75, 3.05) is 0 Å². The van der Waals surface area contributed by atoms with Crippen LogP contribution in [0.2, 0.25) is 0 Å². The number of rotatable bonds is 0. The van der Waals surface area contributed by atoms with Gasteiger partial charge < -0.3 is 0 Å². The third kappa shape index (κ3) is 0.579. The molecule has 0 aromatic rings. The van der Waals surface area contributed by atoms with Crippen LogP contribution in [0.15, 0.2) is 0 Å². The Morgan fingerprint density at radius 2 is 1.73 bits per heavy atom. The zero-order valence-electron chi connectivity index (χ0n) is 10.6. The van der Waals surface area contributed by atoms with Crippen molar-refractivity contribution in [2.24, 2.45) is 39.9 Å². The lowest BCUT2D eigenvalue weighted by Gasteiger charge is -2.86. The molecule has 5 bridgehead atoms. The largest absolute Gasteiger partial charge is 0.0617 e. The fraction of sp³-hybridized carbons (Fsp3) is 1.00. The van der Waals surface area contributed by atoms with Crippen LogP contribution in [0, 0.1) is 39.9 Å². The first-order chi connectivity index (χ1) is 6.96. The van der Waals surface area contributed by atoms with Gasteiger partial charge in [-0.1, -0.05) is 27.7 Å². The second-order valence-corrected chi connectivity index (χ2v) is 7.72. The number of fused-ring (bicyclic) bond motifs is 1. The van der Waals surface area contributed by atoms with Gasteiger partial charge in [0.25, 0.3) is 0 Å². The van der Waals surface area contributed by atoms with Crippen LogP contribution in [0.5, 0.6) is 0 Å². The highest BCUT2D eigenvalue weighted by molar-refractivity contribution is 5.29. The molecule has 0 amide bonds. The van der Waals surface area contributed by atoms with E-state index in [0.29, 0.717) is 10.8 Å². The summed E-state index contributed by atoms with van der Waals surface area (Å²) in [5, 5.41) is 0. The Bertz CT molecular complexity index is 331. The van der Waals surface area contributed by atoms with Gasteiger partial charge in [0.15, 0.2) is 0 Å². The quantitative estimate of drug-likeness (QED) is 0.557. The maximum Gasteiger partial charge on any atom is -0.0184 e. The second kappa shape index (κ2) is 2.05. The van der Waals surface area contributed by atoms with E-state index >= 15 is 0 Å². The molecule has 84 valence electrons. The molecule has 15 heavy (non-hydrogen) atoms. The van der Waals surface area contributed by atoms with E-state index in [2.05, 4.69) is 27.7 Å². The van der Waals surface area contributed by atoms with Crippen LogP contribution in [-0.4, -0.2) is 0 Å². The van der Waals surface area contributed by atoms with Crippen molar-refractivity contribution in [3.8, 4) is 0 Å². The minimum absolute atomic E-state index is 0.701. The highest BCUT2D eigenvalue weighted by atomic mass is 14.9. The molecule has 0 heteroatoms. The molecule has 0 aromatic carbocycles. The minimum atomic E-state index is 0.701. The predicted octanol–water partition coefficient (Wildman–Crippen LogP) is 4.10. The van der Waals surface area contributed by atoms with Gasteiger partial charge in [-0.15, -0.1) is 0 Å². The molecule has 7 saturated carbocycles. The van der Waals surface area contributed by atoms with Crippen LogP contribution in [0.25, 0.3) is 0 Å². The van der Waals surface area contributed by atoms with Crippen molar-refractivity contribution in [1.29, 1.82) is 0 Å². The van der Waals surface area contributed by atoms with Gasteiger partial charge in [-0.3, -0.25) is 0 Å². The fourth-order valence-electron chi connectivity index (χ4n) is 7.27. The van der Waals surface area contributed by atoms with E-state index in [0.717, 1.165) is 29.1 Å². The van der Waals surface area contributed by atoms with Gasteiger partial charge in [0.2, 0.25) is 0 Å². The molecule has 7 aliphatic rings. The average molecular weight is 204 g/mol. The first-order valence-electron chi connectivity index (χ1n) is 6.96. The summed E-state index contributed by atoms with van der Waals surface area (Å²) in [6, 6.07) is 0. The molecule has 7 aliphatic carbocycles. The van der Waals surface area contributed by atoms with Crippen molar-refractivity contribution < 1.29 is 0 Å². The predicted molar refractivity (Wildman–Crippen MR) is 62.4 cm³/mol. The average Bonchev–Trinajstić information content (AvgIpc) is 2.21. The maximum absolute atomic E-state index is 2.65. The summed E-state index contributed by atoms with van der Waals surface area (Å²) in [5.74, 6) is 4.19. The first-order valence-corrected chi connectivity index (χ1v) is 6.96. The third-order valence-electron chi connectivity index (χ3n) is 8.33. The summed E-state index contributed by atoms with van der Waals surface area (Å²) in [5.41, 5.74) is 2.20. The van der Waals surface area contributed by atoms with E-state index in [1.165, 1.54) is 0 Å². The van der Waals surface area contributed by atoms with Crippen molar-refractivity contribution in [3.05, 3.63) is 0 Å². The van der Waals surface area contributed by atoms with Gasteiger partial charge in [0, 0.05) is 0 Å². The molecule has 0 nitrogen and oxygen atoms in total. The van der Waals surface area contributed by atoms with E-state index in [9.17, 15) is 0 Å². The van der Waals surface area contributed by atoms with Gasteiger partial charge >= 0.3 is 0 Å². The molecule has 0 N–H and O–H groups in total. The van der Waals surface area contributed by atoms with Crippen LogP contribution in [0.4, 0.5) is 0 Å². The minimum Gasteiger partial charge on any atom is -0.0617 e. The maximum atomic E-state index is 2.65. The van der Waals surface area contributed by atoms with Crippen molar-refractivity contribution in [2.45, 2.75) is 53.4 Å². The highest BCUT2D eigenvalue weighted by Crippen LogP contribution is 2.88. The van der Waals surface area contributed by atoms with Gasteiger partial charge in [-0.25, -0.2) is 0 Å². The van der Waals surface area contributed by atoms with Crippen LogP contribution in [-0.2, 0) is 0 Å². The standard InChI is InChI=1S/C15H24/c1-9-12-7-15-6-5-11(12)10(2)14(15,4)13(9,3)8-15/h9-12H,5-8H2,1-4H3. The summed E-state index contributed by atoms with van der Waals surface area (Å²) < 4.78 is 0. The zero-order valence-corrected chi connectivity index (χ0v) is 10.6. The summed E-state index contributed by atoms with van der Waals surface area (Å²) in [4.78, 5) is 0. The lowest BCUT2D eigenvalue weighted by Crippen LogP contribution is -2.80. The number of hydrogen-bond acceptors (Lipinski definition) is 0. The summed E-state index contributed by atoms with van der Waals surface area (Å²) >= 11 is 0. The van der Waals surface area contributed by atoms with Gasteiger partial charge in [-0.2, -0.15) is 0 Å². The second-order valence-electron chi connectivity index (χ2n) is 7.72. The SMILES string of the molecule is CC1C2CC34CCC2C(C)C3(C)C1(C)C4. The topological polar surface area (TPSA) is 0 Å². The lowest BCUT2D eigenvalue weighted by atomic mass is 9.18. The molecule has 7 fully saturated rings. The van der Waals surface area contributed by atoms with Crippen LogP contribution in [0.1, 0.15) is 53.4 Å². The van der Waals surface area contributed by atoms with E-state index in [1.54, 1.807) is 25.7 Å². The van der Waals surface area contributed by atoms with Gasteiger partial charge in [0.05, 0.1) is 0 Å². The van der Waals surface area contributed by atoms with Crippen molar-refractivity contribution in [3.63, 3.8) is 0 Å². The van der Waals surface area contributed by atoms with E-state index in [4.69, 9.17) is 0 Å². The van der Waals surface area contributed by atoms with E-state index in [-0.39, 0.29) is 0 Å². The van der Waals surface area contributed by atoms with E-state index in [1.807, 2.05) is 0 Å². The molecule has 0 saturated heterocycles. The van der Waals surface area contributed by atoms with Gasteiger partial charge in [0.1, 0.15) is 0 Å². The summed E-state index contributed by atoms with van der Waals surface area (Å²) in [6.07, 6.45) is 6.28. The fourth-order valence-corrected chi connectivity index (χ4v) is 7.27. The molecule has 0 radical (unpaired) electrons. The normalized spacial score (nSPS) is 74.4. The van der Waals surface area contributed by atoms with Crippen LogP contribution < -0.4 is 0 Å². The summed E-state index contributed by atoms with van der Waals surface area (Å²) in [7, 11) is 0. The van der Waals surface area contributed by atoms with E-state index < -0.39 is 0 Å². The third-order valence-corrected chi connectivity index (χ3v) is 8.33. The summed E-state index contributed by atoms with van der Waals surface area (Å²) in [6.45, 7) is 10.4. The molecule has 0 heterocycles.